The molecule has 0 aliphatic carbocycles. The highest BCUT2D eigenvalue weighted by Crippen LogP contribution is 2.37. The second-order valence-corrected chi connectivity index (χ2v) is 10.8. The zero-order valence-corrected chi connectivity index (χ0v) is 24.0. The van der Waals surface area contributed by atoms with Gasteiger partial charge in [-0.25, -0.2) is 0 Å². The zero-order valence-electron chi connectivity index (χ0n) is 23.2. The van der Waals surface area contributed by atoms with Crippen LogP contribution in [0, 0.1) is 0 Å². The summed E-state index contributed by atoms with van der Waals surface area (Å²) in [5.41, 5.74) is 8.40. The molecular weight excluding hydrogens is 552 g/mol. The Kier molecular flexibility index (Phi) is 7.38. The smallest absolute Gasteiger partial charge is 0.248 e. The van der Waals surface area contributed by atoms with E-state index in [1.807, 2.05) is 84.9 Å². The lowest BCUT2D eigenvalue weighted by molar-refractivity contribution is 0.584. The molecule has 0 saturated carbocycles. The van der Waals surface area contributed by atoms with E-state index in [2.05, 4.69) is 75.9 Å². The van der Waals surface area contributed by atoms with Gasteiger partial charge in [0.25, 0.3) is 0 Å². The molecule has 0 amide bonds. The lowest BCUT2D eigenvalue weighted by atomic mass is 9.98. The molecule has 6 heteroatoms. The van der Waals surface area contributed by atoms with Gasteiger partial charge in [-0.2, -0.15) is 5.10 Å². The van der Waals surface area contributed by atoms with Crippen molar-refractivity contribution in [2.24, 2.45) is 5.10 Å². The number of hydrogen-bond donors (Lipinski definition) is 0. The Labute approximate surface area is 255 Å². The first-order valence-electron chi connectivity index (χ1n) is 14.1. The van der Waals surface area contributed by atoms with E-state index in [-0.39, 0.29) is 6.04 Å². The van der Waals surface area contributed by atoms with Crippen molar-refractivity contribution in [3.8, 4) is 22.9 Å². The van der Waals surface area contributed by atoms with Crippen LogP contribution in [0.2, 0.25) is 5.02 Å². The summed E-state index contributed by atoms with van der Waals surface area (Å²) in [7, 11) is 0. The first kappa shape index (κ1) is 26.6. The van der Waals surface area contributed by atoms with Crippen molar-refractivity contribution in [1.29, 1.82) is 0 Å². The molecule has 0 bridgehead atoms. The van der Waals surface area contributed by atoms with Crippen LogP contribution in [0.4, 0.5) is 5.69 Å². The Morgan fingerprint density at radius 1 is 0.605 bits per heavy atom. The summed E-state index contributed by atoms with van der Waals surface area (Å²) in [4.78, 5) is 0. The molecule has 1 aliphatic heterocycles. The highest BCUT2D eigenvalue weighted by atomic mass is 35.5. The number of hydrazone groups is 1. The minimum atomic E-state index is 0.120. The quantitative estimate of drug-likeness (QED) is 0.177. The summed E-state index contributed by atoms with van der Waals surface area (Å²) in [5.74, 6) is 1.02. The van der Waals surface area contributed by atoms with Crippen molar-refractivity contribution in [3.63, 3.8) is 0 Å². The molecule has 7 rings (SSSR count). The monoisotopic (exact) mass is 578 g/mol. The molecule has 0 spiro atoms. The lowest BCUT2D eigenvalue weighted by Gasteiger charge is -2.24. The molecule has 1 aromatic heterocycles. The van der Waals surface area contributed by atoms with Crippen LogP contribution in [-0.2, 0) is 0 Å². The fourth-order valence-electron chi connectivity index (χ4n) is 5.20. The largest absolute Gasteiger partial charge is 0.416 e. The predicted molar refractivity (Wildman–Crippen MR) is 175 cm³/mol. The summed E-state index contributed by atoms with van der Waals surface area (Å²) in [6.45, 7) is 0. The molecule has 1 unspecified atom stereocenters. The molecule has 0 N–H and O–H groups in total. The highest BCUT2D eigenvalue weighted by Gasteiger charge is 2.29. The van der Waals surface area contributed by atoms with Gasteiger partial charge >= 0.3 is 0 Å². The Morgan fingerprint density at radius 2 is 1.14 bits per heavy atom. The van der Waals surface area contributed by atoms with Gasteiger partial charge in [-0.1, -0.05) is 109 Å². The summed E-state index contributed by atoms with van der Waals surface area (Å²) >= 11 is 6.14. The third-order valence-corrected chi connectivity index (χ3v) is 7.75. The molecule has 6 aromatic rings. The van der Waals surface area contributed by atoms with Crippen LogP contribution >= 0.6 is 11.6 Å². The van der Waals surface area contributed by atoms with Crippen LogP contribution in [0.15, 0.2) is 143 Å². The van der Waals surface area contributed by atoms with Crippen molar-refractivity contribution < 1.29 is 4.42 Å². The molecule has 0 saturated heterocycles. The predicted octanol–water partition coefficient (Wildman–Crippen LogP) is 9.58. The number of nitrogens with zero attached hydrogens (tertiary/aromatic N) is 4. The van der Waals surface area contributed by atoms with Crippen molar-refractivity contribution in [3.05, 3.63) is 161 Å². The van der Waals surface area contributed by atoms with Crippen LogP contribution < -0.4 is 5.01 Å². The third kappa shape index (κ3) is 5.89. The molecule has 0 fully saturated rings. The number of rotatable bonds is 7. The Balaban J connectivity index is 1.07. The van der Waals surface area contributed by atoms with Gasteiger partial charge in [-0.15, -0.1) is 10.2 Å². The van der Waals surface area contributed by atoms with E-state index in [0.717, 1.165) is 50.7 Å². The summed E-state index contributed by atoms with van der Waals surface area (Å²) in [5, 5.41) is 16.3. The molecule has 1 aliphatic rings. The van der Waals surface area contributed by atoms with Crippen molar-refractivity contribution in [2.45, 2.75) is 12.5 Å². The van der Waals surface area contributed by atoms with Crippen LogP contribution in [0.5, 0.6) is 0 Å². The number of aromatic nitrogens is 2. The minimum Gasteiger partial charge on any atom is -0.416 e. The number of halogens is 1. The van der Waals surface area contributed by atoms with Crippen molar-refractivity contribution in [2.75, 3.05) is 5.01 Å². The van der Waals surface area contributed by atoms with E-state index in [0.29, 0.717) is 11.8 Å². The number of anilines is 1. The van der Waals surface area contributed by atoms with Crippen LogP contribution in [-0.4, -0.2) is 15.9 Å². The lowest BCUT2D eigenvalue weighted by Crippen LogP contribution is -2.18. The Morgan fingerprint density at radius 3 is 1.77 bits per heavy atom. The molecule has 1 atom stereocenters. The second kappa shape index (κ2) is 11.9. The third-order valence-electron chi connectivity index (χ3n) is 7.50. The van der Waals surface area contributed by atoms with E-state index in [4.69, 9.17) is 21.1 Å². The van der Waals surface area contributed by atoms with E-state index in [9.17, 15) is 0 Å². The molecule has 43 heavy (non-hydrogen) atoms. The second-order valence-electron chi connectivity index (χ2n) is 10.4. The maximum Gasteiger partial charge on any atom is 0.248 e. The first-order valence-corrected chi connectivity index (χ1v) is 14.5. The molecule has 5 aromatic carbocycles. The van der Waals surface area contributed by atoms with Crippen molar-refractivity contribution >= 4 is 35.2 Å². The van der Waals surface area contributed by atoms with Crippen LogP contribution in [0.1, 0.15) is 34.7 Å². The molecule has 0 radical (unpaired) electrons. The van der Waals surface area contributed by atoms with E-state index >= 15 is 0 Å². The SMILES string of the molecule is Clc1ccc(C2=NN(c3ccc(/C=C/c4ccc(-c5nnc(-c6ccccc6)o5)cc4)cc3)C(c3ccccc3)C2)cc1. The zero-order chi connectivity index (χ0) is 29.0. The molecule has 5 nitrogen and oxygen atoms in total. The summed E-state index contributed by atoms with van der Waals surface area (Å²) in [6.07, 6.45) is 5.03. The fraction of sp³-hybridized carbons (Fsp3) is 0.0541. The fourth-order valence-corrected chi connectivity index (χ4v) is 5.33. The standard InChI is InChI=1S/C37H27ClN4O/c38-32-21-19-28(20-22-32)34-25-35(29-7-3-1-4-8-29)42(41-34)33-23-15-27(16-24-33)12-11-26-13-17-31(18-14-26)37-40-39-36(43-37)30-9-5-2-6-10-30/h1-24,35H,25H2/b12-11+. The van der Waals surface area contributed by atoms with E-state index in [1.165, 1.54) is 5.56 Å². The van der Waals surface area contributed by atoms with E-state index < -0.39 is 0 Å². The molecule has 208 valence electrons. The topological polar surface area (TPSA) is 54.5 Å². The van der Waals surface area contributed by atoms with Gasteiger partial charge < -0.3 is 4.42 Å². The average Bonchev–Trinajstić information content (AvgIpc) is 3.75. The molecular formula is C37H27ClN4O. The maximum absolute atomic E-state index is 6.14. The highest BCUT2D eigenvalue weighted by molar-refractivity contribution is 6.30. The normalized spacial score (nSPS) is 14.8. The van der Waals surface area contributed by atoms with E-state index in [1.54, 1.807) is 0 Å². The number of benzene rings is 5. The molecule has 2 heterocycles. The van der Waals surface area contributed by atoms with Crippen LogP contribution in [0.25, 0.3) is 35.1 Å². The van der Waals surface area contributed by atoms with Crippen molar-refractivity contribution in [1.82, 2.24) is 10.2 Å². The van der Waals surface area contributed by atoms with Gasteiger partial charge in [0.15, 0.2) is 0 Å². The number of hydrogen-bond acceptors (Lipinski definition) is 5. The Hall–Kier alpha value is -5.26. The Bertz CT molecular complexity index is 1880. The first-order chi connectivity index (χ1) is 21.2. The van der Waals surface area contributed by atoms with Gasteiger partial charge in [0.1, 0.15) is 0 Å². The van der Waals surface area contributed by atoms with Gasteiger partial charge in [0.2, 0.25) is 11.8 Å². The van der Waals surface area contributed by atoms with Gasteiger partial charge in [-0.05, 0) is 70.8 Å². The maximum atomic E-state index is 6.14. The summed E-state index contributed by atoms with van der Waals surface area (Å²) < 4.78 is 5.89. The van der Waals surface area contributed by atoms with Gasteiger partial charge in [0, 0.05) is 22.6 Å². The van der Waals surface area contributed by atoms with Gasteiger partial charge in [0.05, 0.1) is 17.4 Å². The average molecular weight is 579 g/mol. The minimum absolute atomic E-state index is 0.120. The van der Waals surface area contributed by atoms with Gasteiger partial charge in [-0.3, -0.25) is 5.01 Å². The summed E-state index contributed by atoms with van der Waals surface area (Å²) in [6, 6.07) is 45.0. The van der Waals surface area contributed by atoms with Crippen LogP contribution in [0.3, 0.4) is 0 Å².